The van der Waals surface area contributed by atoms with E-state index in [1.54, 1.807) is 7.11 Å². The summed E-state index contributed by atoms with van der Waals surface area (Å²) in [6.45, 7) is 11.0. The van der Waals surface area contributed by atoms with E-state index in [1.807, 2.05) is 13.8 Å². The highest BCUT2D eigenvalue weighted by Crippen LogP contribution is 2.79. The molecular formula is C24H38O7. The standard InChI is InChI=1S/C21H28O6.C2H6.CH4O/c1-9(2)10-5-15-21(27-15)19(3)7-13(24-4)16-11(8-25-18(16)23)12(19)6-14-20(21,26-14)17(10)22;2*1-2/h9-10,12-15,17,22H,5-8H2,1-4H3;1-2H3;2H,1H3. The van der Waals surface area contributed by atoms with Crippen LogP contribution in [-0.2, 0) is 23.7 Å². The van der Waals surface area contributed by atoms with Gasteiger partial charge in [0.15, 0.2) is 5.60 Å². The van der Waals surface area contributed by atoms with Crippen LogP contribution >= 0.6 is 0 Å². The zero-order valence-electron chi connectivity index (χ0n) is 19.8. The van der Waals surface area contributed by atoms with Crippen molar-refractivity contribution in [2.75, 3.05) is 20.8 Å². The van der Waals surface area contributed by atoms with E-state index in [9.17, 15) is 9.90 Å². The summed E-state index contributed by atoms with van der Waals surface area (Å²) >= 11 is 0. The van der Waals surface area contributed by atoms with E-state index in [0.717, 1.165) is 31.1 Å². The van der Waals surface area contributed by atoms with Crippen molar-refractivity contribution in [3.63, 3.8) is 0 Å². The lowest BCUT2D eigenvalue weighted by Crippen LogP contribution is -2.67. The third kappa shape index (κ3) is 2.56. The summed E-state index contributed by atoms with van der Waals surface area (Å²) in [6.07, 6.45) is 1.74. The molecule has 3 aliphatic carbocycles. The van der Waals surface area contributed by atoms with Crippen LogP contribution < -0.4 is 0 Å². The average Bonchev–Trinajstić information content (AvgIpc) is 3.65. The first-order valence-electron chi connectivity index (χ1n) is 11.7. The number of carbonyl (C=O) groups excluding carboxylic acids is 1. The number of rotatable bonds is 2. The van der Waals surface area contributed by atoms with Crippen molar-refractivity contribution in [1.29, 1.82) is 0 Å². The maximum absolute atomic E-state index is 12.3. The number of aliphatic hydroxyl groups is 2. The van der Waals surface area contributed by atoms with Gasteiger partial charge in [0.05, 0.1) is 30.0 Å². The van der Waals surface area contributed by atoms with Crippen molar-refractivity contribution in [2.45, 2.75) is 89.5 Å². The number of esters is 1. The van der Waals surface area contributed by atoms with Crippen LogP contribution in [0, 0.1) is 23.2 Å². The summed E-state index contributed by atoms with van der Waals surface area (Å²) in [5, 5.41) is 18.4. The van der Waals surface area contributed by atoms with Crippen molar-refractivity contribution >= 4 is 5.97 Å². The Morgan fingerprint density at radius 1 is 1.13 bits per heavy atom. The molecule has 7 heteroatoms. The lowest BCUT2D eigenvalue weighted by Gasteiger charge is -2.55. The third-order valence-corrected chi connectivity index (χ3v) is 8.88. The molecule has 0 amide bonds. The number of ether oxygens (including phenoxy) is 4. The summed E-state index contributed by atoms with van der Waals surface area (Å²) in [7, 11) is 2.66. The molecule has 176 valence electrons. The number of aliphatic hydroxyl groups excluding tert-OH is 2. The second-order valence-electron chi connectivity index (χ2n) is 9.98. The minimum atomic E-state index is -0.587. The van der Waals surface area contributed by atoms with E-state index in [-0.39, 0.29) is 41.5 Å². The van der Waals surface area contributed by atoms with Crippen molar-refractivity contribution in [1.82, 2.24) is 0 Å². The van der Waals surface area contributed by atoms with Gasteiger partial charge in [0.25, 0.3) is 0 Å². The number of epoxide rings is 2. The van der Waals surface area contributed by atoms with Crippen LogP contribution in [0.15, 0.2) is 11.1 Å². The Labute approximate surface area is 185 Å². The molecule has 4 fully saturated rings. The lowest BCUT2D eigenvalue weighted by atomic mass is 9.46. The van der Waals surface area contributed by atoms with Crippen LogP contribution in [0.1, 0.15) is 53.9 Å². The van der Waals surface area contributed by atoms with Crippen LogP contribution in [0.25, 0.3) is 0 Å². The fourth-order valence-electron chi connectivity index (χ4n) is 7.56. The quantitative estimate of drug-likeness (QED) is 0.504. The summed E-state index contributed by atoms with van der Waals surface area (Å²) in [5.74, 6) is 0.532. The average molecular weight is 439 g/mol. The van der Waals surface area contributed by atoms with Crippen LogP contribution in [0.2, 0.25) is 0 Å². The molecule has 7 nitrogen and oxygen atoms in total. The zero-order chi connectivity index (χ0) is 22.9. The Morgan fingerprint density at radius 3 is 2.42 bits per heavy atom. The Balaban J connectivity index is 0.000000549. The van der Waals surface area contributed by atoms with Gasteiger partial charge in [-0.15, -0.1) is 0 Å². The van der Waals surface area contributed by atoms with Gasteiger partial charge in [0.2, 0.25) is 0 Å². The SMILES string of the molecule is CC.CO.COC1CC2(C)C(CC3OC34C(O)C(C(C)C)CC3OC324)C2=C1C(=O)OC2. The van der Waals surface area contributed by atoms with Gasteiger partial charge in [-0.3, -0.25) is 0 Å². The van der Waals surface area contributed by atoms with Crippen LogP contribution in [0.4, 0.5) is 0 Å². The number of cyclic esters (lactones) is 1. The Morgan fingerprint density at radius 2 is 1.81 bits per heavy atom. The Kier molecular flexibility index (Phi) is 5.62. The highest BCUT2D eigenvalue weighted by atomic mass is 16.7. The summed E-state index contributed by atoms with van der Waals surface area (Å²) in [4.78, 5) is 12.3. The predicted molar refractivity (Wildman–Crippen MR) is 113 cm³/mol. The molecule has 6 aliphatic rings. The largest absolute Gasteiger partial charge is 0.458 e. The molecule has 0 radical (unpaired) electrons. The van der Waals surface area contributed by atoms with E-state index in [2.05, 4.69) is 20.8 Å². The zero-order valence-corrected chi connectivity index (χ0v) is 19.8. The Bertz CT molecular complexity index is 778. The van der Waals surface area contributed by atoms with E-state index < -0.39 is 17.3 Å². The molecule has 9 unspecified atom stereocenters. The van der Waals surface area contributed by atoms with Crippen molar-refractivity contribution in [3.05, 3.63) is 11.1 Å². The second kappa shape index (κ2) is 7.52. The van der Waals surface area contributed by atoms with Gasteiger partial charge in [-0.1, -0.05) is 34.6 Å². The van der Waals surface area contributed by atoms with Gasteiger partial charge in [-0.2, -0.15) is 0 Å². The molecule has 0 aromatic heterocycles. The molecule has 9 atom stereocenters. The second-order valence-corrected chi connectivity index (χ2v) is 9.98. The molecule has 0 aromatic carbocycles. The minimum absolute atomic E-state index is 0.000622. The van der Waals surface area contributed by atoms with Gasteiger partial charge in [-0.05, 0) is 42.6 Å². The minimum Gasteiger partial charge on any atom is -0.458 e. The number of methoxy groups -OCH3 is 1. The highest BCUT2D eigenvalue weighted by Gasteiger charge is 2.93. The van der Waals surface area contributed by atoms with Crippen LogP contribution in [-0.4, -0.2) is 72.6 Å². The molecule has 31 heavy (non-hydrogen) atoms. The molecule has 0 bridgehead atoms. The van der Waals surface area contributed by atoms with Gasteiger partial charge < -0.3 is 29.2 Å². The first kappa shape index (κ1) is 23.2. The van der Waals surface area contributed by atoms with E-state index in [4.69, 9.17) is 24.1 Å². The predicted octanol–water partition coefficient (Wildman–Crippen LogP) is 2.23. The molecule has 2 saturated carbocycles. The van der Waals surface area contributed by atoms with Gasteiger partial charge in [-0.25, -0.2) is 4.79 Å². The fourth-order valence-corrected chi connectivity index (χ4v) is 7.56. The monoisotopic (exact) mass is 438 g/mol. The number of hydrogen-bond donors (Lipinski definition) is 2. The molecule has 2 saturated heterocycles. The van der Waals surface area contributed by atoms with Gasteiger partial charge in [0, 0.05) is 19.6 Å². The third-order valence-electron chi connectivity index (χ3n) is 8.88. The maximum Gasteiger partial charge on any atom is 0.337 e. The molecule has 2 N–H and O–H groups in total. The molecule has 0 aromatic rings. The van der Waals surface area contributed by atoms with E-state index >= 15 is 0 Å². The summed E-state index contributed by atoms with van der Waals surface area (Å²) < 4.78 is 24.0. The molecule has 2 spiro atoms. The smallest absolute Gasteiger partial charge is 0.337 e. The lowest BCUT2D eigenvalue weighted by molar-refractivity contribution is -0.137. The van der Waals surface area contributed by atoms with E-state index in [1.165, 1.54) is 0 Å². The van der Waals surface area contributed by atoms with Gasteiger partial charge >= 0.3 is 5.97 Å². The normalized spacial score (nSPS) is 50.3. The van der Waals surface area contributed by atoms with Crippen LogP contribution in [0.5, 0.6) is 0 Å². The summed E-state index contributed by atoms with van der Waals surface area (Å²) in [5.41, 5.74) is 0.503. The first-order chi connectivity index (χ1) is 14.8. The molecular weight excluding hydrogens is 400 g/mol. The Hall–Kier alpha value is -0.990. The van der Waals surface area contributed by atoms with Crippen molar-refractivity contribution in [3.8, 4) is 0 Å². The maximum atomic E-state index is 12.3. The first-order valence-corrected chi connectivity index (χ1v) is 11.7. The number of hydrogen-bond acceptors (Lipinski definition) is 7. The molecule has 6 rings (SSSR count). The van der Waals surface area contributed by atoms with E-state index in [0.29, 0.717) is 18.9 Å². The van der Waals surface area contributed by atoms with Gasteiger partial charge in [0.1, 0.15) is 12.2 Å². The van der Waals surface area contributed by atoms with Crippen LogP contribution in [0.3, 0.4) is 0 Å². The molecule has 3 heterocycles. The summed E-state index contributed by atoms with van der Waals surface area (Å²) in [6, 6.07) is 0. The molecule has 3 aliphatic heterocycles. The van der Waals surface area contributed by atoms with Crippen molar-refractivity contribution < 1.29 is 34.0 Å². The number of fused-ring (bicyclic) bond motifs is 2. The highest BCUT2D eigenvalue weighted by molar-refractivity contribution is 5.93. The van der Waals surface area contributed by atoms with Crippen molar-refractivity contribution in [2.24, 2.45) is 23.2 Å². The number of carbonyl (C=O) groups is 1. The fraction of sp³-hybridized carbons (Fsp3) is 0.875. The topological polar surface area (TPSA) is 101 Å².